The molecule has 144 valence electrons. The lowest BCUT2D eigenvalue weighted by Crippen LogP contribution is -2.22. The molecule has 2 aliphatic carbocycles. The van der Waals surface area contributed by atoms with Crippen LogP contribution >= 0.6 is 8.58 Å². The van der Waals surface area contributed by atoms with E-state index in [1.54, 1.807) is 0 Å². The normalized spacial score (nSPS) is 24.5. The summed E-state index contributed by atoms with van der Waals surface area (Å²) in [5.74, 6) is 1.87. The van der Waals surface area contributed by atoms with Crippen LogP contribution in [0.15, 0.2) is 66.9 Å². The van der Waals surface area contributed by atoms with Gasteiger partial charge in [0.25, 0.3) is 0 Å². The molecule has 1 aliphatic heterocycles. The lowest BCUT2D eigenvalue weighted by atomic mass is 9.91. The first-order chi connectivity index (χ1) is 13.7. The summed E-state index contributed by atoms with van der Waals surface area (Å²) in [6, 6.07) is 9.10. The first-order valence-electron chi connectivity index (χ1n) is 10.3. The van der Waals surface area contributed by atoms with Crippen LogP contribution in [0.4, 0.5) is 0 Å². The van der Waals surface area contributed by atoms with Gasteiger partial charge in [0.2, 0.25) is 0 Å². The molecule has 28 heavy (non-hydrogen) atoms. The third-order valence-electron chi connectivity index (χ3n) is 5.96. The van der Waals surface area contributed by atoms with Crippen LogP contribution in [0.3, 0.4) is 0 Å². The lowest BCUT2D eigenvalue weighted by molar-refractivity contribution is 0.585. The van der Waals surface area contributed by atoms with Gasteiger partial charge in [0.15, 0.2) is 0 Å². The van der Waals surface area contributed by atoms with Crippen molar-refractivity contribution in [3.63, 3.8) is 0 Å². The summed E-state index contributed by atoms with van der Waals surface area (Å²) in [6.07, 6.45) is 16.4. The van der Waals surface area contributed by atoms with E-state index in [0.29, 0.717) is 5.92 Å². The van der Waals surface area contributed by atoms with Crippen LogP contribution in [0.2, 0.25) is 0 Å². The Balaban J connectivity index is 0.000000932. The summed E-state index contributed by atoms with van der Waals surface area (Å²) >= 11 is 0. The summed E-state index contributed by atoms with van der Waals surface area (Å²) in [7, 11) is 0.853. The van der Waals surface area contributed by atoms with E-state index in [1.807, 2.05) is 13.8 Å². The fourth-order valence-electron chi connectivity index (χ4n) is 4.38. The van der Waals surface area contributed by atoms with Crippen LogP contribution in [0, 0.1) is 5.92 Å². The van der Waals surface area contributed by atoms with E-state index in [1.165, 1.54) is 34.4 Å². The van der Waals surface area contributed by atoms with Crippen LogP contribution in [-0.2, 0) is 11.8 Å². The minimum atomic E-state index is 0.186. The molecule has 3 aliphatic rings. The number of imidazole rings is 1. The molecule has 5 rings (SSSR count). The van der Waals surface area contributed by atoms with Gasteiger partial charge >= 0.3 is 0 Å². The SMILES string of the molecule is C=C1C=CC(c2cnc3n2C=CC2CC32Cc2cccc(PC)c2)=CC1.CC. The molecule has 3 unspecified atom stereocenters. The highest BCUT2D eigenvalue weighted by Gasteiger charge is 2.58. The van der Waals surface area contributed by atoms with Crippen molar-refractivity contribution >= 4 is 25.7 Å². The Morgan fingerprint density at radius 3 is 2.89 bits per heavy atom. The van der Waals surface area contributed by atoms with Gasteiger partial charge in [0.1, 0.15) is 5.82 Å². The van der Waals surface area contributed by atoms with E-state index in [0.717, 1.165) is 27.0 Å². The van der Waals surface area contributed by atoms with Crippen molar-refractivity contribution in [2.75, 3.05) is 6.66 Å². The predicted molar refractivity (Wildman–Crippen MR) is 124 cm³/mol. The largest absolute Gasteiger partial charge is 0.303 e. The summed E-state index contributed by atoms with van der Waals surface area (Å²) in [5, 5.41) is 1.45. The Bertz CT molecular complexity index is 992. The molecule has 0 spiro atoms. The van der Waals surface area contributed by atoms with Crippen molar-refractivity contribution < 1.29 is 0 Å². The summed E-state index contributed by atoms with van der Waals surface area (Å²) in [5.41, 5.74) is 5.25. The second-order valence-corrected chi connectivity index (χ2v) is 8.71. The molecule has 1 aromatic heterocycles. The standard InChI is InChI=1S/C23H23N2P.C2H6/c1-16-6-8-18(9-7-16)21-15-24-22-23(14-19(23)10-11-25(21)22)13-17-4-3-5-20(12-17)26-2;1-2/h3-6,8-12,15,19,26H,1,7,13-14H2,2H3;1-2H3. The van der Waals surface area contributed by atoms with E-state index in [2.05, 4.69) is 78.8 Å². The number of hydrogen-bond donors (Lipinski definition) is 0. The fourth-order valence-corrected chi connectivity index (χ4v) is 4.98. The highest BCUT2D eigenvalue weighted by Crippen LogP contribution is 2.59. The van der Waals surface area contributed by atoms with Crippen LogP contribution in [0.1, 0.15) is 43.8 Å². The lowest BCUT2D eigenvalue weighted by Gasteiger charge is -2.22. The maximum atomic E-state index is 4.90. The van der Waals surface area contributed by atoms with E-state index in [9.17, 15) is 0 Å². The van der Waals surface area contributed by atoms with Gasteiger partial charge in [-0.3, -0.25) is 0 Å². The van der Waals surface area contributed by atoms with Crippen molar-refractivity contribution in [2.45, 2.75) is 38.5 Å². The second kappa shape index (κ2) is 7.68. The average molecular weight is 388 g/mol. The van der Waals surface area contributed by atoms with Crippen molar-refractivity contribution in [2.24, 2.45) is 5.92 Å². The maximum Gasteiger partial charge on any atom is 0.120 e. The molecule has 2 nitrogen and oxygen atoms in total. The topological polar surface area (TPSA) is 17.8 Å². The number of rotatable bonds is 4. The van der Waals surface area contributed by atoms with Gasteiger partial charge in [-0.2, -0.15) is 0 Å². The molecule has 0 N–H and O–H groups in total. The fraction of sp³-hybridized carbons (Fsp3) is 0.320. The van der Waals surface area contributed by atoms with Gasteiger partial charge < -0.3 is 4.57 Å². The van der Waals surface area contributed by atoms with Gasteiger partial charge in [-0.25, -0.2) is 4.98 Å². The minimum absolute atomic E-state index is 0.186. The number of hydrogen-bond acceptors (Lipinski definition) is 1. The second-order valence-electron chi connectivity index (χ2n) is 7.63. The van der Waals surface area contributed by atoms with Gasteiger partial charge in [0.05, 0.1) is 11.9 Å². The van der Waals surface area contributed by atoms with Crippen molar-refractivity contribution in [1.29, 1.82) is 0 Å². The average Bonchev–Trinajstić information content (AvgIpc) is 3.28. The molecule has 0 saturated heterocycles. The van der Waals surface area contributed by atoms with Crippen LogP contribution in [0.5, 0.6) is 0 Å². The van der Waals surface area contributed by atoms with E-state index >= 15 is 0 Å². The van der Waals surface area contributed by atoms with Gasteiger partial charge in [-0.15, -0.1) is 0 Å². The van der Waals surface area contributed by atoms with Gasteiger partial charge in [-0.1, -0.05) is 83.1 Å². The Kier molecular flexibility index (Phi) is 5.25. The molecule has 2 heterocycles. The zero-order chi connectivity index (χ0) is 19.7. The molecule has 1 fully saturated rings. The van der Waals surface area contributed by atoms with E-state index < -0.39 is 0 Å². The smallest absolute Gasteiger partial charge is 0.120 e. The highest BCUT2D eigenvalue weighted by molar-refractivity contribution is 7.46. The zero-order valence-electron chi connectivity index (χ0n) is 17.1. The number of nitrogens with zero attached hydrogens (tertiary/aromatic N) is 2. The molecule has 0 bridgehead atoms. The monoisotopic (exact) mass is 388 g/mol. The van der Waals surface area contributed by atoms with Crippen LogP contribution in [-0.4, -0.2) is 16.2 Å². The molecular weight excluding hydrogens is 359 g/mol. The van der Waals surface area contributed by atoms with E-state index in [4.69, 9.17) is 4.98 Å². The summed E-state index contributed by atoms with van der Waals surface area (Å²) in [6.45, 7) is 10.3. The third kappa shape index (κ3) is 3.25. The minimum Gasteiger partial charge on any atom is -0.303 e. The summed E-state index contributed by atoms with van der Waals surface area (Å²) < 4.78 is 2.32. The van der Waals surface area contributed by atoms with Crippen molar-refractivity contribution in [3.05, 3.63) is 84.0 Å². The number of allylic oxidation sites excluding steroid dienone is 6. The Morgan fingerprint density at radius 1 is 1.29 bits per heavy atom. The molecule has 0 radical (unpaired) electrons. The van der Waals surface area contributed by atoms with E-state index in [-0.39, 0.29) is 5.41 Å². The summed E-state index contributed by atoms with van der Waals surface area (Å²) in [4.78, 5) is 4.90. The number of fused-ring (bicyclic) bond motifs is 3. The van der Waals surface area contributed by atoms with Crippen molar-refractivity contribution in [1.82, 2.24) is 9.55 Å². The Hall–Kier alpha value is -2.18. The zero-order valence-corrected chi connectivity index (χ0v) is 18.1. The molecule has 3 atom stereocenters. The quantitative estimate of drug-likeness (QED) is 0.612. The first-order valence-corrected chi connectivity index (χ1v) is 11.8. The number of aromatic nitrogens is 2. The Labute approximate surface area is 170 Å². The van der Waals surface area contributed by atoms with Crippen LogP contribution < -0.4 is 5.30 Å². The first kappa shape index (κ1) is 19.2. The molecule has 2 aromatic rings. The van der Waals surface area contributed by atoms with Crippen molar-refractivity contribution in [3.8, 4) is 0 Å². The molecule has 1 saturated carbocycles. The molecule has 1 aromatic carbocycles. The predicted octanol–water partition coefficient (Wildman–Crippen LogP) is 5.73. The van der Waals surface area contributed by atoms with Gasteiger partial charge in [-0.05, 0) is 48.3 Å². The molecular formula is C25H29N2P. The molecule has 0 amide bonds. The third-order valence-corrected chi connectivity index (χ3v) is 6.85. The number of benzene rings is 1. The Morgan fingerprint density at radius 2 is 2.14 bits per heavy atom. The molecule has 3 heteroatoms. The maximum absolute atomic E-state index is 4.90. The van der Waals surface area contributed by atoms with Gasteiger partial charge in [0, 0.05) is 11.6 Å². The van der Waals surface area contributed by atoms with Crippen LogP contribution in [0.25, 0.3) is 11.8 Å². The highest BCUT2D eigenvalue weighted by atomic mass is 31.1.